The van der Waals surface area contributed by atoms with Gasteiger partial charge in [0.05, 0.1) is 19.3 Å². The highest BCUT2D eigenvalue weighted by atomic mass is 16.6. The molecule has 1 aliphatic heterocycles. The lowest BCUT2D eigenvalue weighted by molar-refractivity contribution is 0.0219. The van der Waals surface area contributed by atoms with Crippen LogP contribution in [0, 0.1) is 0 Å². The molecule has 1 amide bonds. The van der Waals surface area contributed by atoms with Crippen LogP contribution in [0.1, 0.15) is 27.2 Å². The average molecular weight is 230 g/mol. The third-order valence-electron chi connectivity index (χ3n) is 2.27. The molecule has 5 nitrogen and oxygen atoms in total. The molecule has 0 spiro atoms. The third kappa shape index (κ3) is 4.37. The number of hydrogen-bond acceptors (Lipinski definition) is 4. The molecular formula is C11H22N2O3. The van der Waals surface area contributed by atoms with E-state index in [9.17, 15) is 4.79 Å². The summed E-state index contributed by atoms with van der Waals surface area (Å²) in [6, 6.07) is 0. The lowest BCUT2D eigenvalue weighted by Gasteiger charge is -2.24. The number of hydrogen-bond donors (Lipinski definition) is 1. The molecule has 0 unspecified atom stereocenters. The number of nitrogens with zero attached hydrogens (tertiary/aromatic N) is 1. The summed E-state index contributed by atoms with van der Waals surface area (Å²) in [5.41, 5.74) is 4.92. The van der Waals surface area contributed by atoms with E-state index in [1.165, 1.54) is 0 Å². The molecule has 1 atom stereocenters. The first-order valence-electron chi connectivity index (χ1n) is 5.72. The molecule has 0 bridgehead atoms. The summed E-state index contributed by atoms with van der Waals surface area (Å²) >= 11 is 0. The Bertz CT molecular complexity index is 238. The summed E-state index contributed by atoms with van der Waals surface area (Å²) in [6.07, 6.45) is 0.710. The van der Waals surface area contributed by atoms with Crippen LogP contribution in [-0.4, -0.2) is 48.9 Å². The predicted octanol–water partition coefficient (Wildman–Crippen LogP) is 0.971. The number of ether oxygens (including phenoxy) is 2. The van der Waals surface area contributed by atoms with Crippen LogP contribution in [0.3, 0.4) is 0 Å². The second-order valence-corrected chi connectivity index (χ2v) is 5.00. The largest absolute Gasteiger partial charge is 0.444 e. The molecule has 1 fully saturated rings. The third-order valence-corrected chi connectivity index (χ3v) is 2.27. The van der Waals surface area contributed by atoms with E-state index in [4.69, 9.17) is 15.2 Å². The van der Waals surface area contributed by atoms with Crippen molar-refractivity contribution >= 4 is 6.09 Å². The number of rotatable bonds is 3. The van der Waals surface area contributed by atoms with Gasteiger partial charge >= 0.3 is 6.09 Å². The van der Waals surface area contributed by atoms with Crippen molar-refractivity contribution in [3.8, 4) is 0 Å². The normalized spacial score (nSPS) is 21.2. The smallest absolute Gasteiger partial charge is 0.410 e. The molecule has 1 aliphatic rings. The van der Waals surface area contributed by atoms with E-state index >= 15 is 0 Å². The molecule has 0 saturated carbocycles. The summed E-state index contributed by atoms with van der Waals surface area (Å²) in [5, 5.41) is 0. The minimum Gasteiger partial charge on any atom is -0.444 e. The van der Waals surface area contributed by atoms with E-state index in [-0.39, 0.29) is 12.2 Å². The van der Waals surface area contributed by atoms with Crippen LogP contribution in [0.15, 0.2) is 0 Å². The van der Waals surface area contributed by atoms with Gasteiger partial charge in [-0.05, 0) is 27.2 Å². The fraction of sp³-hybridized carbons (Fsp3) is 0.909. The maximum absolute atomic E-state index is 11.7. The van der Waals surface area contributed by atoms with Crippen molar-refractivity contribution < 1.29 is 14.3 Å². The van der Waals surface area contributed by atoms with Gasteiger partial charge in [0.2, 0.25) is 0 Å². The number of likely N-dealkylation sites (tertiary alicyclic amines) is 1. The van der Waals surface area contributed by atoms with Crippen molar-refractivity contribution in [2.45, 2.75) is 38.9 Å². The number of nitrogens with two attached hydrogens (primary N) is 1. The summed E-state index contributed by atoms with van der Waals surface area (Å²) in [4.78, 5) is 13.4. The van der Waals surface area contributed by atoms with Gasteiger partial charge in [0, 0.05) is 13.1 Å². The Kier molecular flexibility index (Phi) is 4.56. The Labute approximate surface area is 96.9 Å². The first-order chi connectivity index (χ1) is 7.42. The summed E-state index contributed by atoms with van der Waals surface area (Å²) in [7, 11) is 0. The van der Waals surface area contributed by atoms with Gasteiger partial charge in [-0.2, -0.15) is 0 Å². The Morgan fingerprint density at radius 3 is 2.75 bits per heavy atom. The number of carbonyl (C=O) groups excluding carboxylic acids is 1. The summed E-state index contributed by atoms with van der Waals surface area (Å²) in [6.45, 7) is 7.96. The molecule has 0 aliphatic carbocycles. The lowest BCUT2D eigenvalue weighted by atomic mass is 10.2. The van der Waals surface area contributed by atoms with Crippen LogP contribution < -0.4 is 5.73 Å². The Morgan fingerprint density at radius 1 is 1.50 bits per heavy atom. The maximum atomic E-state index is 11.7. The van der Waals surface area contributed by atoms with Crippen LogP contribution in [0.4, 0.5) is 4.79 Å². The predicted molar refractivity (Wildman–Crippen MR) is 61.2 cm³/mol. The molecular weight excluding hydrogens is 208 g/mol. The van der Waals surface area contributed by atoms with Crippen LogP contribution in [0.25, 0.3) is 0 Å². The Morgan fingerprint density at radius 2 is 2.19 bits per heavy atom. The van der Waals surface area contributed by atoms with E-state index in [1.807, 2.05) is 20.8 Å². The molecule has 1 rings (SSSR count). The van der Waals surface area contributed by atoms with Crippen LogP contribution in [0.2, 0.25) is 0 Å². The van der Waals surface area contributed by atoms with Gasteiger partial charge in [0.25, 0.3) is 0 Å². The Balaban J connectivity index is 2.32. The molecule has 5 heteroatoms. The summed E-state index contributed by atoms with van der Waals surface area (Å²) < 4.78 is 10.8. The molecule has 16 heavy (non-hydrogen) atoms. The van der Waals surface area contributed by atoms with Gasteiger partial charge in [0.1, 0.15) is 5.60 Å². The highest BCUT2D eigenvalue weighted by molar-refractivity contribution is 5.68. The Hall–Kier alpha value is -0.810. The van der Waals surface area contributed by atoms with E-state index in [1.54, 1.807) is 4.90 Å². The average Bonchev–Trinajstić information content (AvgIpc) is 2.60. The molecule has 94 valence electrons. The molecule has 0 aromatic rings. The van der Waals surface area contributed by atoms with Gasteiger partial charge in [-0.1, -0.05) is 0 Å². The van der Waals surface area contributed by atoms with E-state index < -0.39 is 5.60 Å². The van der Waals surface area contributed by atoms with Gasteiger partial charge in [-0.3, -0.25) is 0 Å². The van der Waals surface area contributed by atoms with Crippen LogP contribution in [0.5, 0.6) is 0 Å². The van der Waals surface area contributed by atoms with Crippen molar-refractivity contribution in [2.75, 3.05) is 26.2 Å². The molecule has 0 radical (unpaired) electrons. The second kappa shape index (κ2) is 5.50. The standard InChI is InChI=1S/C11H22N2O3/c1-11(2,3)16-10(14)13-6-4-9(8-13)15-7-5-12/h9H,4-8,12H2,1-3H3/t9-/m0/s1. The van der Waals surface area contributed by atoms with Crippen molar-refractivity contribution in [1.82, 2.24) is 4.90 Å². The zero-order chi connectivity index (χ0) is 12.2. The van der Waals surface area contributed by atoms with Crippen molar-refractivity contribution in [1.29, 1.82) is 0 Å². The molecule has 1 saturated heterocycles. The summed E-state index contributed by atoms with van der Waals surface area (Å²) in [5.74, 6) is 0. The van der Waals surface area contributed by atoms with Gasteiger partial charge in [0.15, 0.2) is 0 Å². The van der Waals surface area contributed by atoms with E-state index in [0.29, 0.717) is 26.2 Å². The minimum atomic E-state index is -0.437. The number of amides is 1. The van der Waals surface area contributed by atoms with E-state index in [0.717, 1.165) is 6.42 Å². The van der Waals surface area contributed by atoms with E-state index in [2.05, 4.69) is 0 Å². The lowest BCUT2D eigenvalue weighted by Crippen LogP contribution is -2.36. The van der Waals surface area contributed by atoms with Gasteiger partial charge < -0.3 is 20.1 Å². The van der Waals surface area contributed by atoms with Crippen molar-refractivity contribution in [3.63, 3.8) is 0 Å². The first kappa shape index (κ1) is 13.3. The molecule has 0 aromatic carbocycles. The van der Waals surface area contributed by atoms with Crippen molar-refractivity contribution in [2.24, 2.45) is 5.73 Å². The highest BCUT2D eigenvalue weighted by Gasteiger charge is 2.29. The quantitative estimate of drug-likeness (QED) is 0.784. The minimum absolute atomic E-state index is 0.107. The van der Waals surface area contributed by atoms with Gasteiger partial charge in [-0.25, -0.2) is 4.79 Å². The highest BCUT2D eigenvalue weighted by Crippen LogP contribution is 2.16. The monoisotopic (exact) mass is 230 g/mol. The number of carbonyl (C=O) groups is 1. The maximum Gasteiger partial charge on any atom is 0.410 e. The topological polar surface area (TPSA) is 64.8 Å². The van der Waals surface area contributed by atoms with Crippen LogP contribution in [-0.2, 0) is 9.47 Å². The second-order valence-electron chi connectivity index (χ2n) is 5.00. The molecule has 0 aromatic heterocycles. The zero-order valence-corrected chi connectivity index (χ0v) is 10.4. The molecule has 2 N–H and O–H groups in total. The van der Waals surface area contributed by atoms with Crippen LogP contribution >= 0.6 is 0 Å². The zero-order valence-electron chi connectivity index (χ0n) is 10.4. The molecule has 1 heterocycles. The SMILES string of the molecule is CC(C)(C)OC(=O)N1CC[C@H](OCCN)C1. The fourth-order valence-electron chi connectivity index (χ4n) is 1.59. The fourth-order valence-corrected chi connectivity index (χ4v) is 1.59. The first-order valence-corrected chi connectivity index (χ1v) is 5.72. The van der Waals surface area contributed by atoms with Crippen molar-refractivity contribution in [3.05, 3.63) is 0 Å². The van der Waals surface area contributed by atoms with Gasteiger partial charge in [-0.15, -0.1) is 0 Å².